The zero-order valence-corrected chi connectivity index (χ0v) is 53.8. The molecule has 0 saturated heterocycles. The first-order valence-electron chi connectivity index (χ1n) is 32.0. The van der Waals surface area contributed by atoms with Gasteiger partial charge >= 0.3 is 0 Å². The summed E-state index contributed by atoms with van der Waals surface area (Å²) in [5.41, 5.74) is 30.7. The molecule has 3 aliphatic heterocycles. The standard InChI is InChI=1S/C80H90BN3/c1-50-40-58-60(76(10,11)39-38-75(58,8)9)47-67(50)83-68-43-55(74(5,6)7)31-33-63(68)81-64-46-59-61(78(14,15)49-77(59,12)13)48-69(64)82(65-35-32-54(73(2,3)4)42-57(65)52-28-22-19-23-29-52)70-44-56(45-71(83)72(70)81)84-66-34-30-53(51-26-20-18-21-27-51)41-62(66)79(16)36-24-25-37-80(79,84)17/h18-23,26-35,40-48H,24-25,36-39,49H2,1-17H3. The first-order chi connectivity index (χ1) is 39.5. The molecule has 2 unspecified atom stereocenters. The van der Waals surface area contributed by atoms with Crippen LogP contribution in [0.2, 0.25) is 0 Å². The van der Waals surface area contributed by atoms with Gasteiger partial charge in [-0.15, -0.1) is 0 Å². The van der Waals surface area contributed by atoms with Gasteiger partial charge in [-0.1, -0.05) is 214 Å². The molecule has 0 amide bonds. The van der Waals surface area contributed by atoms with E-state index in [2.05, 4.69) is 284 Å². The van der Waals surface area contributed by atoms with Gasteiger partial charge in [0.2, 0.25) is 0 Å². The van der Waals surface area contributed by atoms with Crippen molar-refractivity contribution in [1.82, 2.24) is 0 Å². The third-order valence-corrected chi connectivity index (χ3v) is 22.5. The second-order valence-electron chi connectivity index (χ2n) is 32.0. The van der Waals surface area contributed by atoms with Crippen molar-refractivity contribution >= 4 is 68.6 Å². The lowest BCUT2D eigenvalue weighted by Gasteiger charge is -2.51. The van der Waals surface area contributed by atoms with E-state index in [-0.39, 0.29) is 50.2 Å². The van der Waals surface area contributed by atoms with Gasteiger partial charge in [-0.2, -0.15) is 0 Å². The predicted octanol–water partition coefficient (Wildman–Crippen LogP) is 20.1. The number of benzene rings is 8. The lowest BCUT2D eigenvalue weighted by molar-refractivity contribution is 0.195. The lowest BCUT2D eigenvalue weighted by Crippen LogP contribution is -2.62. The van der Waals surface area contributed by atoms with E-state index in [4.69, 9.17) is 0 Å². The molecule has 14 rings (SSSR count). The van der Waals surface area contributed by atoms with Crippen molar-refractivity contribution < 1.29 is 0 Å². The molecule has 4 heteroatoms. The molecule has 3 heterocycles. The van der Waals surface area contributed by atoms with Crippen LogP contribution in [0, 0.1) is 6.92 Å². The molecule has 8 aromatic rings. The van der Waals surface area contributed by atoms with Crippen LogP contribution in [0.15, 0.2) is 152 Å². The van der Waals surface area contributed by atoms with E-state index in [1.807, 2.05) is 0 Å². The van der Waals surface area contributed by atoms with Crippen molar-refractivity contribution in [2.45, 2.75) is 206 Å². The molecule has 428 valence electrons. The number of fused-ring (bicyclic) bond motifs is 9. The molecule has 8 aromatic carbocycles. The highest BCUT2D eigenvalue weighted by atomic mass is 15.3. The summed E-state index contributed by atoms with van der Waals surface area (Å²) < 4.78 is 0. The highest BCUT2D eigenvalue weighted by Gasteiger charge is 2.59. The fourth-order valence-corrected chi connectivity index (χ4v) is 17.5. The van der Waals surface area contributed by atoms with Gasteiger partial charge in [0.15, 0.2) is 0 Å². The average Bonchev–Trinajstić information content (AvgIpc) is 1.14. The van der Waals surface area contributed by atoms with Crippen LogP contribution in [0.5, 0.6) is 0 Å². The summed E-state index contributed by atoms with van der Waals surface area (Å²) in [6, 6.07) is 61.0. The lowest BCUT2D eigenvalue weighted by atomic mass is 9.33. The number of hydrogen-bond acceptors (Lipinski definition) is 3. The molecule has 0 radical (unpaired) electrons. The number of anilines is 8. The highest BCUT2D eigenvalue weighted by molar-refractivity contribution is 7.00. The highest BCUT2D eigenvalue weighted by Crippen LogP contribution is 2.63. The number of aryl methyl sites for hydroxylation is 1. The van der Waals surface area contributed by atoms with Gasteiger partial charge in [-0.25, -0.2) is 0 Å². The Labute approximate surface area is 505 Å². The Morgan fingerprint density at radius 1 is 0.393 bits per heavy atom. The van der Waals surface area contributed by atoms with E-state index in [0.29, 0.717) is 0 Å². The summed E-state index contributed by atoms with van der Waals surface area (Å²) in [7, 11) is 0. The van der Waals surface area contributed by atoms with Crippen LogP contribution in [0.4, 0.5) is 45.5 Å². The van der Waals surface area contributed by atoms with E-state index in [1.165, 1.54) is 148 Å². The van der Waals surface area contributed by atoms with Crippen molar-refractivity contribution in [3.05, 3.63) is 196 Å². The van der Waals surface area contributed by atoms with Crippen LogP contribution in [-0.2, 0) is 37.9 Å². The van der Waals surface area contributed by atoms with Gasteiger partial charge in [0.1, 0.15) is 0 Å². The fourth-order valence-electron chi connectivity index (χ4n) is 17.5. The fraction of sp³-hybridized carbons (Fsp3) is 0.400. The average molecular weight is 1100 g/mol. The molecule has 3 aliphatic carbocycles. The second-order valence-corrected chi connectivity index (χ2v) is 32.0. The Morgan fingerprint density at radius 2 is 0.917 bits per heavy atom. The summed E-state index contributed by atoms with van der Waals surface area (Å²) in [6.45, 7) is 41.9. The van der Waals surface area contributed by atoms with Crippen LogP contribution in [0.3, 0.4) is 0 Å². The number of hydrogen-bond donors (Lipinski definition) is 0. The minimum absolute atomic E-state index is 0.00126. The monoisotopic (exact) mass is 1100 g/mol. The predicted molar refractivity (Wildman–Crippen MR) is 362 cm³/mol. The number of nitrogens with zero attached hydrogens (tertiary/aromatic N) is 3. The van der Waals surface area contributed by atoms with Crippen molar-refractivity contribution in [3.8, 4) is 22.3 Å². The van der Waals surface area contributed by atoms with Gasteiger partial charge in [-0.05, 0) is 211 Å². The maximum Gasteiger partial charge on any atom is 0.252 e. The molecule has 3 nitrogen and oxygen atoms in total. The van der Waals surface area contributed by atoms with Gasteiger partial charge in [0.05, 0.1) is 11.2 Å². The molecular weight excluding hydrogens is 1010 g/mol. The van der Waals surface area contributed by atoms with Crippen molar-refractivity contribution in [2.24, 2.45) is 0 Å². The zero-order valence-electron chi connectivity index (χ0n) is 53.8. The zero-order chi connectivity index (χ0) is 59.2. The van der Waals surface area contributed by atoms with Crippen molar-refractivity contribution in [1.29, 1.82) is 0 Å². The molecule has 0 aromatic heterocycles. The van der Waals surface area contributed by atoms with Gasteiger partial charge in [0.25, 0.3) is 6.71 Å². The Kier molecular flexibility index (Phi) is 11.9. The van der Waals surface area contributed by atoms with E-state index in [0.717, 1.165) is 25.7 Å². The van der Waals surface area contributed by atoms with Gasteiger partial charge < -0.3 is 14.7 Å². The quantitative estimate of drug-likeness (QED) is 0.159. The smallest absolute Gasteiger partial charge is 0.252 e. The largest absolute Gasteiger partial charge is 0.334 e. The topological polar surface area (TPSA) is 9.72 Å². The number of rotatable bonds is 5. The molecule has 1 saturated carbocycles. The molecular formula is C80H90BN3. The molecule has 0 bridgehead atoms. The SMILES string of the molecule is Cc1cc2c(cc1N1c3cc(C(C)(C)C)ccc3B3c4cc5c(cc4N(c4ccc(C(C)(C)C)cc4-c4ccccc4)c4cc(N6c7ccc(-c8ccccc8)cc7C7(C)CCCCC67C)cc1c43)C(C)(C)CC5(C)C)C(C)(C)CCC2(C)C. The molecule has 0 spiro atoms. The molecule has 6 aliphatic rings. The van der Waals surface area contributed by atoms with E-state index < -0.39 is 0 Å². The van der Waals surface area contributed by atoms with E-state index in [9.17, 15) is 0 Å². The third kappa shape index (κ3) is 8.03. The Hall–Kier alpha value is -6.78. The molecule has 84 heavy (non-hydrogen) atoms. The van der Waals surface area contributed by atoms with Crippen LogP contribution in [0.25, 0.3) is 22.3 Å². The summed E-state index contributed by atoms with van der Waals surface area (Å²) >= 11 is 0. The van der Waals surface area contributed by atoms with Crippen LogP contribution in [-0.4, -0.2) is 12.3 Å². The van der Waals surface area contributed by atoms with E-state index in [1.54, 1.807) is 0 Å². The summed E-state index contributed by atoms with van der Waals surface area (Å²) in [4.78, 5) is 8.44. The van der Waals surface area contributed by atoms with Crippen LogP contribution in [0.1, 0.15) is 200 Å². The molecule has 0 N–H and O–H groups in total. The van der Waals surface area contributed by atoms with E-state index >= 15 is 0 Å². The van der Waals surface area contributed by atoms with Gasteiger partial charge in [0, 0.05) is 50.8 Å². The minimum atomic E-state index is -0.200. The Bertz CT molecular complexity index is 4030. The Morgan fingerprint density at radius 3 is 1.56 bits per heavy atom. The summed E-state index contributed by atoms with van der Waals surface area (Å²) in [5.74, 6) is 0. The summed E-state index contributed by atoms with van der Waals surface area (Å²) in [5, 5.41) is 0. The third-order valence-electron chi connectivity index (χ3n) is 22.5. The Balaban J connectivity index is 1.15. The van der Waals surface area contributed by atoms with Crippen LogP contribution >= 0.6 is 0 Å². The first-order valence-corrected chi connectivity index (χ1v) is 32.0. The van der Waals surface area contributed by atoms with Crippen molar-refractivity contribution in [2.75, 3.05) is 14.7 Å². The maximum atomic E-state index is 2.87. The first kappa shape index (κ1) is 55.1. The second kappa shape index (κ2) is 18.1. The molecule has 2 atom stereocenters. The summed E-state index contributed by atoms with van der Waals surface area (Å²) in [6.07, 6.45) is 8.13. The van der Waals surface area contributed by atoms with Crippen molar-refractivity contribution in [3.63, 3.8) is 0 Å². The molecule has 1 fully saturated rings. The normalized spacial score (nSPS) is 21.9. The van der Waals surface area contributed by atoms with Gasteiger partial charge in [-0.3, -0.25) is 0 Å². The minimum Gasteiger partial charge on any atom is -0.334 e. The maximum absolute atomic E-state index is 2.87. The van der Waals surface area contributed by atoms with Crippen LogP contribution < -0.4 is 31.1 Å².